The fraction of sp³-hybridized carbons (Fsp3) is 0.562. The molecule has 132 valence electrons. The Bertz CT molecular complexity index is 612. The molecule has 3 N–H and O–H groups in total. The van der Waals surface area contributed by atoms with Crippen LogP contribution < -0.4 is 20.5 Å². The van der Waals surface area contributed by atoms with Crippen molar-refractivity contribution in [2.45, 2.75) is 44.7 Å². The van der Waals surface area contributed by atoms with Gasteiger partial charge in [0.1, 0.15) is 5.56 Å². The van der Waals surface area contributed by atoms with E-state index in [1.807, 2.05) is 0 Å². The van der Waals surface area contributed by atoms with Crippen molar-refractivity contribution in [3.8, 4) is 11.5 Å². The normalized spacial score (nSPS) is 20.3. The van der Waals surface area contributed by atoms with Gasteiger partial charge in [0.05, 0.1) is 24.7 Å². The van der Waals surface area contributed by atoms with Gasteiger partial charge in [0.15, 0.2) is 11.5 Å². The molecule has 1 aromatic rings. The van der Waals surface area contributed by atoms with Gasteiger partial charge in [-0.1, -0.05) is 0 Å². The standard InChI is InChI=1S/C16H23N3O5/c1-3-24-15-8-12(13(19(21)22)9-14(15)23-2)16(20)18-11-6-4-10(17)5-7-11/h8-11H,3-7,17H2,1-2H3,(H,18,20). The van der Waals surface area contributed by atoms with Crippen molar-refractivity contribution in [1.82, 2.24) is 5.32 Å². The molecule has 8 heteroatoms. The van der Waals surface area contributed by atoms with Crippen molar-refractivity contribution in [3.63, 3.8) is 0 Å². The summed E-state index contributed by atoms with van der Waals surface area (Å²) in [6.07, 6.45) is 3.21. The maximum atomic E-state index is 12.5. The Morgan fingerprint density at radius 1 is 1.33 bits per heavy atom. The summed E-state index contributed by atoms with van der Waals surface area (Å²) in [5, 5.41) is 14.2. The van der Waals surface area contributed by atoms with Crippen LogP contribution in [0.15, 0.2) is 12.1 Å². The van der Waals surface area contributed by atoms with Gasteiger partial charge in [-0.2, -0.15) is 0 Å². The number of benzene rings is 1. The van der Waals surface area contributed by atoms with Gasteiger partial charge >= 0.3 is 0 Å². The number of methoxy groups -OCH3 is 1. The van der Waals surface area contributed by atoms with Crippen molar-refractivity contribution in [2.24, 2.45) is 5.73 Å². The molecular weight excluding hydrogens is 314 g/mol. The van der Waals surface area contributed by atoms with Crippen LogP contribution in [-0.4, -0.2) is 36.6 Å². The van der Waals surface area contributed by atoms with Gasteiger partial charge < -0.3 is 20.5 Å². The molecule has 1 amide bonds. The van der Waals surface area contributed by atoms with Crippen LogP contribution in [0.25, 0.3) is 0 Å². The Kier molecular flexibility index (Phi) is 5.97. The number of nitro groups is 1. The van der Waals surface area contributed by atoms with Crippen molar-refractivity contribution >= 4 is 11.6 Å². The van der Waals surface area contributed by atoms with Crippen molar-refractivity contribution in [2.75, 3.05) is 13.7 Å². The second-order valence-corrected chi connectivity index (χ2v) is 5.80. The van der Waals surface area contributed by atoms with Crippen molar-refractivity contribution in [3.05, 3.63) is 27.8 Å². The Hall–Kier alpha value is -2.35. The Balaban J connectivity index is 2.27. The van der Waals surface area contributed by atoms with Gasteiger partial charge in [0, 0.05) is 18.2 Å². The lowest BCUT2D eigenvalue weighted by Crippen LogP contribution is -2.40. The molecule has 0 spiro atoms. The summed E-state index contributed by atoms with van der Waals surface area (Å²) in [5.41, 5.74) is 5.52. The van der Waals surface area contributed by atoms with Crippen molar-refractivity contribution < 1.29 is 19.2 Å². The van der Waals surface area contributed by atoms with E-state index >= 15 is 0 Å². The summed E-state index contributed by atoms with van der Waals surface area (Å²) in [4.78, 5) is 23.3. The van der Waals surface area contributed by atoms with E-state index in [1.165, 1.54) is 19.2 Å². The van der Waals surface area contributed by atoms with Crippen LogP contribution in [0.4, 0.5) is 5.69 Å². The lowest BCUT2D eigenvalue weighted by molar-refractivity contribution is -0.385. The number of nitrogens with zero attached hydrogens (tertiary/aromatic N) is 1. The number of carbonyl (C=O) groups is 1. The van der Waals surface area contributed by atoms with Crippen LogP contribution in [0.2, 0.25) is 0 Å². The molecule has 0 saturated heterocycles. The van der Waals surface area contributed by atoms with Crippen LogP contribution in [0.5, 0.6) is 11.5 Å². The van der Waals surface area contributed by atoms with E-state index in [4.69, 9.17) is 15.2 Å². The summed E-state index contributed by atoms with van der Waals surface area (Å²) in [6, 6.07) is 2.73. The second-order valence-electron chi connectivity index (χ2n) is 5.80. The number of nitro benzene ring substituents is 1. The highest BCUT2D eigenvalue weighted by Crippen LogP contribution is 2.35. The first kappa shape index (κ1) is 18.0. The summed E-state index contributed by atoms with van der Waals surface area (Å²) in [7, 11) is 1.40. The van der Waals surface area contributed by atoms with E-state index in [-0.39, 0.29) is 29.1 Å². The van der Waals surface area contributed by atoms with E-state index in [9.17, 15) is 14.9 Å². The summed E-state index contributed by atoms with van der Waals surface area (Å²) in [5.74, 6) is 0.0518. The van der Waals surface area contributed by atoms with E-state index < -0.39 is 10.8 Å². The molecule has 24 heavy (non-hydrogen) atoms. The molecule has 1 fully saturated rings. The van der Waals surface area contributed by atoms with Crippen LogP contribution in [-0.2, 0) is 0 Å². The lowest BCUT2D eigenvalue weighted by Gasteiger charge is -2.26. The number of rotatable bonds is 6. The zero-order valence-electron chi connectivity index (χ0n) is 13.9. The van der Waals surface area contributed by atoms with E-state index in [0.29, 0.717) is 12.4 Å². The Labute approximate surface area is 140 Å². The number of amides is 1. The first-order chi connectivity index (χ1) is 11.5. The molecule has 1 aliphatic carbocycles. The number of hydrogen-bond acceptors (Lipinski definition) is 6. The van der Waals surface area contributed by atoms with Crippen LogP contribution >= 0.6 is 0 Å². The number of nitrogens with two attached hydrogens (primary N) is 1. The number of carbonyl (C=O) groups excluding carboxylic acids is 1. The van der Waals surface area contributed by atoms with Crippen LogP contribution in [0, 0.1) is 10.1 Å². The predicted molar refractivity (Wildman–Crippen MR) is 88.5 cm³/mol. The Morgan fingerprint density at radius 2 is 2.00 bits per heavy atom. The third-order valence-electron chi connectivity index (χ3n) is 4.13. The molecule has 0 unspecified atom stereocenters. The number of nitrogens with one attached hydrogen (secondary N) is 1. The average Bonchev–Trinajstić information content (AvgIpc) is 2.56. The first-order valence-electron chi connectivity index (χ1n) is 8.01. The van der Waals surface area contributed by atoms with E-state index in [2.05, 4.69) is 5.32 Å². The quantitative estimate of drug-likeness (QED) is 0.606. The highest BCUT2D eigenvalue weighted by Gasteiger charge is 2.27. The number of hydrogen-bond donors (Lipinski definition) is 2. The third kappa shape index (κ3) is 4.14. The topological polar surface area (TPSA) is 117 Å². The third-order valence-corrected chi connectivity index (χ3v) is 4.13. The predicted octanol–water partition coefficient (Wildman–Crippen LogP) is 2.00. The molecule has 0 aliphatic heterocycles. The van der Waals surface area contributed by atoms with Crippen molar-refractivity contribution in [1.29, 1.82) is 0 Å². The average molecular weight is 337 g/mol. The molecule has 1 saturated carbocycles. The van der Waals surface area contributed by atoms with Gasteiger partial charge in [-0.25, -0.2) is 0 Å². The molecule has 0 bridgehead atoms. The minimum absolute atomic E-state index is 0.0189. The maximum absolute atomic E-state index is 12.5. The van der Waals surface area contributed by atoms with Gasteiger partial charge in [-0.3, -0.25) is 14.9 Å². The fourth-order valence-electron chi connectivity index (χ4n) is 2.84. The fourth-order valence-corrected chi connectivity index (χ4v) is 2.84. The minimum atomic E-state index is -0.593. The van der Waals surface area contributed by atoms with Gasteiger partial charge in [0.25, 0.3) is 11.6 Å². The highest BCUT2D eigenvalue weighted by atomic mass is 16.6. The molecular formula is C16H23N3O5. The number of ether oxygens (including phenoxy) is 2. The molecule has 2 rings (SSSR count). The van der Waals surface area contributed by atoms with Crippen LogP contribution in [0.3, 0.4) is 0 Å². The van der Waals surface area contributed by atoms with Gasteiger partial charge in [0.2, 0.25) is 0 Å². The van der Waals surface area contributed by atoms with E-state index in [1.54, 1.807) is 6.92 Å². The monoisotopic (exact) mass is 337 g/mol. The zero-order valence-corrected chi connectivity index (χ0v) is 13.9. The molecule has 0 heterocycles. The van der Waals surface area contributed by atoms with E-state index in [0.717, 1.165) is 25.7 Å². The molecule has 1 aromatic carbocycles. The molecule has 0 aromatic heterocycles. The smallest absolute Gasteiger partial charge is 0.286 e. The SMILES string of the molecule is CCOc1cc(C(=O)NC2CCC(N)CC2)c([N+](=O)[O-])cc1OC. The summed E-state index contributed by atoms with van der Waals surface area (Å²) in [6.45, 7) is 2.14. The highest BCUT2D eigenvalue weighted by molar-refractivity contribution is 5.99. The van der Waals surface area contributed by atoms with Crippen LogP contribution in [0.1, 0.15) is 43.0 Å². The molecule has 0 radical (unpaired) electrons. The second kappa shape index (κ2) is 7.96. The Morgan fingerprint density at radius 3 is 2.54 bits per heavy atom. The largest absolute Gasteiger partial charge is 0.493 e. The summed E-state index contributed by atoms with van der Waals surface area (Å²) >= 11 is 0. The molecule has 8 nitrogen and oxygen atoms in total. The molecule has 1 aliphatic rings. The first-order valence-corrected chi connectivity index (χ1v) is 8.01. The summed E-state index contributed by atoms with van der Waals surface area (Å²) < 4.78 is 10.5. The van der Waals surface area contributed by atoms with Gasteiger partial charge in [-0.05, 0) is 32.6 Å². The lowest BCUT2D eigenvalue weighted by atomic mass is 9.91. The van der Waals surface area contributed by atoms with Gasteiger partial charge in [-0.15, -0.1) is 0 Å². The zero-order chi connectivity index (χ0) is 17.7. The maximum Gasteiger partial charge on any atom is 0.286 e. The minimum Gasteiger partial charge on any atom is -0.493 e. The molecule has 0 atom stereocenters.